The fourth-order valence-corrected chi connectivity index (χ4v) is 3.69. The monoisotopic (exact) mass is 403 g/mol. The van der Waals surface area contributed by atoms with E-state index in [1.165, 1.54) is 0 Å². The molecule has 0 saturated carbocycles. The molecule has 0 unspecified atom stereocenters. The van der Waals surface area contributed by atoms with Crippen molar-refractivity contribution < 1.29 is 4.79 Å². The summed E-state index contributed by atoms with van der Waals surface area (Å²) in [5, 5.41) is 7.41. The Morgan fingerprint density at radius 2 is 2.17 bits per heavy atom. The van der Waals surface area contributed by atoms with Gasteiger partial charge in [-0.25, -0.2) is 15.0 Å². The van der Waals surface area contributed by atoms with Crippen LogP contribution in [0.2, 0.25) is 0 Å². The maximum Gasteiger partial charge on any atom is 0.247 e. The Balaban J connectivity index is 1.55. The lowest BCUT2D eigenvalue weighted by Crippen LogP contribution is -2.29. The molecular weight excluding hydrogens is 378 g/mol. The number of aryl methyl sites for hydroxylation is 3. The van der Waals surface area contributed by atoms with E-state index in [-0.39, 0.29) is 11.9 Å². The number of carbonyl (C=O) groups excluding carboxylic acids is 1. The summed E-state index contributed by atoms with van der Waals surface area (Å²) in [5.41, 5.74) is 2.78. The molecule has 0 aromatic carbocycles. The molecular formula is C22H25N7O. The summed E-state index contributed by atoms with van der Waals surface area (Å²) in [6.45, 7) is 4.58. The van der Waals surface area contributed by atoms with Crippen LogP contribution >= 0.6 is 0 Å². The average molecular weight is 403 g/mol. The highest BCUT2D eigenvalue weighted by atomic mass is 16.2. The zero-order valence-electron chi connectivity index (χ0n) is 17.4. The molecule has 8 nitrogen and oxygen atoms in total. The normalized spacial score (nSPS) is 16.4. The van der Waals surface area contributed by atoms with Crippen LogP contribution in [0.1, 0.15) is 41.5 Å². The first-order valence-electron chi connectivity index (χ1n) is 10.0. The lowest BCUT2D eigenvalue weighted by atomic mass is 10.1. The Hall–Kier alpha value is -3.55. The fourth-order valence-electron chi connectivity index (χ4n) is 3.69. The summed E-state index contributed by atoms with van der Waals surface area (Å²) < 4.78 is 1.71. The predicted octanol–water partition coefficient (Wildman–Crippen LogP) is 3.34. The highest BCUT2D eigenvalue weighted by Gasteiger charge is 2.30. The van der Waals surface area contributed by atoms with Gasteiger partial charge < -0.3 is 10.2 Å². The van der Waals surface area contributed by atoms with Gasteiger partial charge >= 0.3 is 0 Å². The molecule has 0 radical (unpaired) electrons. The number of carbonyl (C=O) groups is 1. The van der Waals surface area contributed by atoms with Gasteiger partial charge in [-0.2, -0.15) is 5.10 Å². The van der Waals surface area contributed by atoms with Gasteiger partial charge in [0.25, 0.3) is 0 Å². The van der Waals surface area contributed by atoms with Gasteiger partial charge in [0.2, 0.25) is 5.91 Å². The van der Waals surface area contributed by atoms with Crippen molar-refractivity contribution in [3.05, 3.63) is 65.5 Å². The summed E-state index contributed by atoms with van der Waals surface area (Å²) in [5.74, 6) is 2.09. The topological polar surface area (TPSA) is 88.8 Å². The van der Waals surface area contributed by atoms with Gasteiger partial charge in [0.15, 0.2) is 0 Å². The molecule has 0 spiro atoms. The summed E-state index contributed by atoms with van der Waals surface area (Å²) in [7, 11) is 1.85. The Bertz CT molecular complexity index is 1090. The second-order valence-electron chi connectivity index (χ2n) is 7.49. The van der Waals surface area contributed by atoms with Gasteiger partial charge in [0, 0.05) is 43.7 Å². The molecule has 1 N–H and O–H groups in total. The predicted molar refractivity (Wildman–Crippen MR) is 115 cm³/mol. The lowest BCUT2D eigenvalue weighted by molar-refractivity contribution is -0.126. The fraction of sp³-hybridized carbons (Fsp3) is 0.318. The number of likely N-dealkylation sites (tertiary alicyclic amines) is 1. The van der Waals surface area contributed by atoms with Crippen LogP contribution in [0, 0.1) is 13.8 Å². The summed E-state index contributed by atoms with van der Waals surface area (Å²) in [6, 6.07) is 5.75. The van der Waals surface area contributed by atoms with Crippen LogP contribution < -0.4 is 5.32 Å². The van der Waals surface area contributed by atoms with E-state index >= 15 is 0 Å². The molecule has 1 saturated heterocycles. The first kappa shape index (κ1) is 19.8. The highest BCUT2D eigenvalue weighted by Crippen LogP contribution is 2.32. The number of hydrogen-bond donors (Lipinski definition) is 1. The van der Waals surface area contributed by atoms with Gasteiger partial charge in [0.05, 0.1) is 17.9 Å². The third kappa shape index (κ3) is 4.37. The van der Waals surface area contributed by atoms with Gasteiger partial charge in [-0.05, 0) is 44.4 Å². The molecule has 4 heterocycles. The van der Waals surface area contributed by atoms with Crippen LogP contribution in [0.4, 0.5) is 11.6 Å². The molecule has 3 aromatic heterocycles. The van der Waals surface area contributed by atoms with Gasteiger partial charge in [-0.1, -0.05) is 6.07 Å². The molecule has 0 bridgehead atoms. The minimum Gasteiger partial charge on any atom is -0.331 e. The molecule has 30 heavy (non-hydrogen) atoms. The number of rotatable bonds is 5. The highest BCUT2D eigenvalue weighted by molar-refractivity contribution is 5.92. The second-order valence-corrected chi connectivity index (χ2v) is 7.49. The third-order valence-electron chi connectivity index (χ3n) is 5.13. The van der Waals surface area contributed by atoms with Crippen LogP contribution in [0.5, 0.6) is 0 Å². The first-order valence-corrected chi connectivity index (χ1v) is 10.0. The number of amides is 1. The Labute approximate surface area is 175 Å². The molecule has 154 valence electrons. The molecule has 4 rings (SSSR count). The number of aromatic nitrogens is 5. The second kappa shape index (κ2) is 8.44. The third-order valence-corrected chi connectivity index (χ3v) is 5.13. The Morgan fingerprint density at radius 1 is 1.30 bits per heavy atom. The molecule has 1 atom stereocenters. The van der Waals surface area contributed by atoms with Crippen LogP contribution in [-0.2, 0) is 11.8 Å². The van der Waals surface area contributed by atoms with Crippen LogP contribution in [0.25, 0.3) is 6.08 Å². The van der Waals surface area contributed by atoms with E-state index in [2.05, 4.69) is 25.4 Å². The zero-order chi connectivity index (χ0) is 21.1. The summed E-state index contributed by atoms with van der Waals surface area (Å²) in [6.07, 6.45) is 10.6. The average Bonchev–Trinajstić information content (AvgIpc) is 3.36. The van der Waals surface area contributed by atoms with E-state index in [9.17, 15) is 4.79 Å². The van der Waals surface area contributed by atoms with Crippen LogP contribution in [0.3, 0.4) is 0 Å². The molecule has 1 aliphatic rings. The van der Waals surface area contributed by atoms with Crippen molar-refractivity contribution in [3.8, 4) is 0 Å². The van der Waals surface area contributed by atoms with E-state index in [4.69, 9.17) is 0 Å². The minimum atomic E-state index is -0.0665. The Kier molecular flexibility index (Phi) is 5.56. The first-order chi connectivity index (χ1) is 14.5. The molecule has 1 fully saturated rings. The van der Waals surface area contributed by atoms with Gasteiger partial charge in [-0.3, -0.25) is 9.48 Å². The van der Waals surface area contributed by atoms with Crippen molar-refractivity contribution in [2.45, 2.75) is 32.7 Å². The maximum atomic E-state index is 12.9. The van der Waals surface area contributed by atoms with Crippen LogP contribution in [-0.4, -0.2) is 42.1 Å². The minimum absolute atomic E-state index is 0.0206. The molecule has 0 aliphatic carbocycles. The number of hydrogen-bond acceptors (Lipinski definition) is 6. The lowest BCUT2D eigenvalue weighted by Gasteiger charge is -2.23. The van der Waals surface area contributed by atoms with E-state index in [1.54, 1.807) is 29.2 Å². The van der Waals surface area contributed by atoms with Crippen molar-refractivity contribution in [3.63, 3.8) is 0 Å². The largest absolute Gasteiger partial charge is 0.331 e. The quantitative estimate of drug-likeness (QED) is 0.657. The van der Waals surface area contributed by atoms with E-state index < -0.39 is 0 Å². The smallest absolute Gasteiger partial charge is 0.247 e. The molecule has 1 aliphatic heterocycles. The van der Waals surface area contributed by atoms with Crippen molar-refractivity contribution in [1.29, 1.82) is 0 Å². The molecule has 1 amide bonds. The number of pyridine rings is 1. The van der Waals surface area contributed by atoms with Gasteiger partial charge in [-0.15, -0.1) is 0 Å². The van der Waals surface area contributed by atoms with Gasteiger partial charge in [0.1, 0.15) is 17.5 Å². The van der Waals surface area contributed by atoms with E-state index in [0.717, 1.165) is 35.5 Å². The van der Waals surface area contributed by atoms with Crippen molar-refractivity contribution in [2.75, 3.05) is 11.9 Å². The van der Waals surface area contributed by atoms with Crippen molar-refractivity contribution >= 4 is 23.6 Å². The molecule has 8 heteroatoms. The van der Waals surface area contributed by atoms with E-state index in [0.29, 0.717) is 18.2 Å². The van der Waals surface area contributed by atoms with Crippen LogP contribution in [0.15, 0.2) is 42.9 Å². The number of nitrogens with one attached hydrogen (secondary N) is 1. The number of nitrogens with zero attached hydrogens (tertiary/aromatic N) is 6. The Morgan fingerprint density at radius 3 is 2.93 bits per heavy atom. The SMILES string of the molecule is Cc1nc(Nc2ncccc2C)cc([C@H]2CCCN2C(=O)/C=C/c2cnn(C)c2)n1. The molecule has 3 aromatic rings. The zero-order valence-corrected chi connectivity index (χ0v) is 17.4. The van der Waals surface area contributed by atoms with Crippen molar-refractivity contribution in [1.82, 2.24) is 29.6 Å². The van der Waals surface area contributed by atoms with E-state index in [1.807, 2.05) is 50.2 Å². The summed E-state index contributed by atoms with van der Waals surface area (Å²) >= 11 is 0. The standard InChI is InChI=1S/C22H25N7O/c1-15-6-4-10-23-22(15)27-20-12-18(25-16(2)26-20)19-7-5-11-29(19)21(30)9-8-17-13-24-28(3)14-17/h4,6,8-10,12-14,19H,5,7,11H2,1-3H3,(H,23,25,26,27)/b9-8+/t19-/m1/s1. The maximum absolute atomic E-state index is 12.9. The number of anilines is 2. The summed E-state index contributed by atoms with van der Waals surface area (Å²) in [4.78, 5) is 28.2. The van der Waals surface area contributed by atoms with Crippen molar-refractivity contribution in [2.24, 2.45) is 7.05 Å².